The van der Waals surface area contributed by atoms with Crippen LogP contribution in [0.2, 0.25) is 0 Å². The lowest BCUT2D eigenvalue weighted by molar-refractivity contribution is -0.117. The molecule has 7 nitrogen and oxygen atoms in total. The third kappa shape index (κ3) is 3.72. The van der Waals surface area contributed by atoms with Crippen molar-refractivity contribution in [2.75, 3.05) is 11.4 Å². The van der Waals surface area contributed by atoms with Crippen molar-refractivity contribution >= 4 is 17.5 Å². The molecule has 0 aliphatic carbocycles. The first-order chi connectivity index (χ1) is 13.2. The van der Waals surface area contributed by atoms with Crippen molar-refractivity contribution in [1.29, 1.82) is 0 Å². The molecule has 1 aliphatic heterocycles. The number of hydrogen-bond acceptors (Lipinski definition) is 4. The maximum absolute atomic E-state index is 12.8. The first kappa shape index (κ1) is 17.0. The van der Waals surface area contributed by atoms with Gasteiger partial charge in [-0.1, -0.05) is 36.4 Å². The molecule has 1 N–H and O–H groups in total. The highest BCUT2D eigenvalue weighted by atomic mass is 16.2. The number of carbonyl (C=O) groups is 2. The molecule has 2 heterocycles. The predicted octanol–water partition coefficient (Wildman–Crippen LogP) is 1.86. The average Bonchev–Trinajstić information content (AvgIpc) is 3.32. The minimum atomic E-state index is -0.218. The number of hydrogen-bond donors (Lipinski definition) is 1. The number of nitrogens with zero attached hydrogens (tertiary/aromatic N) is 4. The van der Waals surface area contributed by atoms with Crippen molar-refractivity contribution in [2.24, 2.45) is 0 Å². The summed E-state index contributed by atoms with van der Waals surface area (Å²) >= 11 is 0. The Morgan fingerprint density at radius 3 is 2.67 bits per heavy atom. The fourth-order valence-corrected chi connectivity index (χ4v) is 3.29. The number of rotatable bonds is 5. The maximum atomic E-state index is 12.8. The van der Waals surface area contributed by atoms with Gasteiger partial charge in [-0.15, -0.1) is 0 Å². The quantitative estimate of drug-likeness (QED) is 0.752. The molecule has 3 aromatic rings. The summed E-state index contributed by atoms with van der Waals surface area (Å²) in [6.45, 7) is 0.934. The Kier molecular flexibility index (Phi) is 4.65. The fourth-order valence-electron chi connectivity index (χ4n) is 3.29. The molecule has 2 aromatic carbocycles. The number of anilines is 1. The van der Waals surface area contributed by atoms with Crippen LogP contribution in [-0.4, -0.2) is 39.2 Å². The third-order valence-electron chi connectivity index (χ3n) is 4.59. The van der Waals surface area contributed by atoms with Gasteiger partial charge in [0.25, 0.3) is 5.91 Å². The normalized spacial score (nSPS) is 16.5. The summed E-state index contributed by atoms with van der Waals surface area (Å²) in [6, 6.07) is 16.7. The molecule has 0 saturated carbocycles. The van der Waals surface area contributed by atoms with E-state index in [9.17, 15) is 9.59 Å². The van der Waals surface area contributed by atoms with Gasteiger partial charge in [-0.2, -0.15) is 5.10 Å². The van der Waals surface area contributed by atoms with Crippen molar-refractivity contribution in [3.63, 3.8) is 0 Å². The Bertz CT molecular complexity index is 940. The lowest BCUT2D eigenvalue weighted by atomic mass is 10.1. The minimum absolute atomic E-state index is 0.0161. The second-order valence-electron chi connectivity index (χ2n) is 6.46. The molecule has 1 aromatic heterocycles. The van der Waals surface area contributed by atoms with Crippen LogP contribution in [0.25, 0.3) is 0 Å². The van der Waals surface area contributed by atoms with Crippen LogP contribution < -0.4 is 10.2 Å². The van der Waals surface area contributed by atoms with Gasteiger partial charge in [0.15, 0.2) is 0 Å². The van der Waals surface area contributed by atoms with Gasteiger partial charge in [-0.05, 0) is 23.8 Å². The highest BCUT2D eigenvalue weighted by molar-refractivity contribution is 5.99. The summed E-state index contributed by atoms with van der Waals surface area (Å²) in [5, 5.41) is 7.09. The zero-order valence-corrected chi connectivity index (χ0v) is 14.7. The monoisotopic (exact) mass is 361 g/mol. The molecule has 0 radical (unpaired) electrons. The molecule has 0 bridgehead atoms. The molecule has 1 atom stereocenters. The van der Waals surface area contributed by atoms with Crippen LogP contribution in [0, 0.1) is 0 Å². The Balaban J connectivity index is 1.46. The zero-order chi connectivity index (χ0) is 18.6. The Labute approximate surface area is 156 Å². The predicted molar refractivity (Wildman–Crippen MR) is 100 cm³/mol. The summed E-state index contributed by atoms with van der Waals surface area (Å²) < 4.78 is 1.67. The number of benzene rings is 2. The smallest absolute Gasteiger partial charge is 0.251 e. The van der Waals surface area contributed by atoms with Gasteiger partial charge in [0.1, 0.15) is 12.7 Å². The Morgan fingerprint density at radius 2 is 1.89 bits per heavy atom. The largest absolute Gasteiger partial charge is 0.347 e. The van der Waals surface area contributed by atoms with Gasteiger partial charge in [0.2, 0.25) is 5.91 Å². The van der Waals surface area contributed by atoms with Gasteiger partial charge in [0.05, 0.1) is 12.6 Å². The van der Waals surface area contributed by atoms with Gasteiger partial charge in [-0.25, -0.2) is 9.67 Å². The molecule has 136 valence electrons. The van der Waals surface area contributed by atoms with Crippen LogP contribution in [0.1, 0.15) is 22.3 Å². The molecule has 1 aliphatic rings. The van der Waals surface area contributed by atoms with E-state index < -0.39 is 0 Å². The molecule has 1 unspecified atom stereocenters. The molecule has 1 fully saturated rings. The standard InChI is InChI=1S/C20H19N5O2/c26-19-10-16(12-25(19)17-7-2-1-3-8-17)23-20(27)18-9-5-4-6-15(18)11-24-14-21-13-22-24/h1-9,13-14,16H,10-12H2,(H,23,27). The zero-order valence-electron chi connectivity index (χ0n) is 14.7. The van der Waals surface area contributed by atoms with Crippen molar-refractivity contribution in [2.45, 2.75) is 19.0 Å². The molecule has 0 spiro atoms. The van der Waals surface area contributed by atoms with Crippen LogP contribution in [0.5, 0.6) is 0 Å². The van der Waals surface area contributed by atoms with E-state index in [0.717, 1.165) is 11.3 Å². The molecular weight excluding hydrogens is 342 g/mol. The molecule has 27 heavy (non-hydrogen) atoms. The second-order valence-corrected chi connectivity index (χ2v) is 6.46. The maximum Gasteiger partial charge on any atom is 0.251 e. The number of para-hydroxylation sites is 1. The van der Waals surface area contributed by atoms with Gasteiger partial charge in [0, 0.05) is 24.2 Å². The molecular formula is C20H19N5O2. The van der Waals surface area contributed by atoms with E-state index in [4.69, 9.17) is 0 Å². The fraction of sp³-hybridized carbons (Fsp3) is 0.200. The van der Waals surface area contributed by atoms with Crippen molar-refractivity contribution in [3.8, 4) is 0 Å². The van der Waals surface area contributed by atoms with E-state index in [-0.39, 0.29) is 17.9 Å². The first-order valence-electron chi connectivity index (χ1n) is 8.77. The van der Waals surface area contributed by atoms with Crippen LogP contribution in [0.4, 0.5) is 5.69 Å². The lowest BCUT2D eigenvalue weighted by Gasteiger charge is -2.17. The highest BCUT2D eigenvalue weighted by Crippen LogP contribution is 2.21. The first-order valence-corrected chi connectivity index (χ1v) is 8.77. The SMILES string of the molecule is O=C(NC1CC(=O)N(c2ccccc2)C1)c1ccccc1Cn1cncn1. The van der Waals surface area contributed by atoms with Crippen molar-refractivity contribution < 1.29 is 9.59 Å². The lowest BCUT2D eigenvalue weighted by Crippen LogP contribution is -2.37. The van der Waals surface area contributed by atoms with E-state index >= 15 is 0 Å². The second kappa shape index (κ2) is 7.41. The van der Waals surface area contributed by atoms with E-state index in [1.54, 1.807) is 22.0 Å². The Morgan fingerprint density at radius 1 is 1.11 bits per heavy atom. The van der Waals surface area contributed by atoms with Gasteiger partial charge >= 0.3 is 0 Å². The van der Waals surface area contributed by atoms with E-state index in [2.05, 4.69) is 15.4 Å². The summed E-state index contributed by atoms with van der Waals surface area (Å²) in [4.78, 5) is 30.8. The Hall–Kier alpha value is -3.48. The van der Waals surface area contributed by atoms with Crippen molar-refractivity contribution in [1.82, 2.24) is 20.1 Å². The summed E-state index contributed by atoms with van der Waals surface area (Å²) in [5.74, 6) is -0.166. The molecule has 2 amide bonds. The number of aromatic nitrogens is 3. The van der Waals surface area contributed by atoms with Crippen LogP contribution in [0.3, 0.4) is 0 Å². The number of carbonyl (C=O) groups excluding carboxylic acids is 2. The van der Waals surface area contributed by atoms with Crippen LogP contribution >= 0.6 is 0 Å². The summed E-state index contributed by atoms with van der Waals surface area (Å²) in [5.41, 5.74) is 2.29. The summed E-state index contributed by atoms with van der Waals surface area (Å²) in [6.07, 6.45) is 3.37. The van der Waals surface area contributed by atoms with E-state index in [0.29, 0.717) is 25.1 Å². The van der Waals surface area contributed by atoms with Gasteiger partial charge in [-0.3, -0.25) is 9.59 Å². The number of nitrogens with one attached hydrogen (secondary N) is 1. The van der Waals surface area contributed by atoms with E-state index in [1.165, 1.54) is 6.33 Å². The highest BCUT2D eigenvalue weighted by Gasteiger charge is 2.31. The van der Waals surface area contributed by atoms with Gasteiger partial charge < -0.3 is 10.2 Å². The minimum Gasteiger partial charge on any atom is -0.347 e. The van der Waals surface area contributed by atoms with Crippen molar-refractivity contribution in [3.05, 3.63) is 78.4 Å². The van der Waals surface area contributed by atoms with E-state index in [1.807, 2.05) is 48.5 Å². The topological polar surface area (TPSA) is 80.1 Å². The van der Waals surface area contributed by atoms with Crippen LogP contribution in [-0.2, 0) is 11.3 Å². The third-order valence-corrected chi connectivity index (χ3v) is 4.59. The summed E-state index contributed by atoms with van der Waals surface area (Å²) in [7, 11) is 0. The van der Waals surface area contributed by atoms with Crippen LogP contribution in [0.15, 0.2) is 67.3 Å². The molecule has 1 saturated heterocycles. The molecule has 7 heteroatoms. The molecule has 4 rings (SSSR count). The number of amides is 2. The average molecular weight is 361 g/mol.